The predicted molar refractivity (Wildman–Crippen MR) is 121 cm³/mol. The third-order valence-corrected chi connectivity index (χ3v) is 10.4. The molecule has 4 saturated carbocycles. The summed E-state index contributed by atoms with van der Waals surface area (Å²) in [4.78, 5) is 13.0. The highest BCUT2D eigenvalue weighted by Crippen LogP contribution is 2.60. The predicted octanol–water partition coefficient (Wildman–Crippen LogP) is 4.87. The van der Waals surface area contributed by atoms with Crippen LogP contribution < -0.4 is 4.74 Å². The molecule has 0 radical (unpaired) electrons. The Balaban J connectivity index is 1.69. The molecule has 0 aromatic heterocycles. The van der Waals surface area contributed by atoms with Crippen LogP contribution in [0.25, 0.3) is 0 Å². The fraction of sp³-hybridized carbons (Fsp3) is 0.588. The van der Waals surface area contributed by atoms with Gasteiger partial charge in [-0.1, -0.05) is 0 Å². The lowest BCUT2D eigenvalue weighted by molar-refractivity contribution is -0.161. The van der Waals surface area contributed by atoms with Crippen LogP contribution in [-0.2, 0) is 14.9 Å². The molecule has 4 bridgehead atoms. The maximum absolute atomic E-state index is 13.2. The van der Waals surface area contributed by atoms with Crippen molar-refractivity contribution >= 4 is 83.9 Å². The van der Waals surface area contributed by atoms with Gasteiger partial charge in [-0.25, -0.2) is 0 Å². The van der Waals surface area contributed by atoms with E-state index in [0.29, 0.717) is 24.9 Å². The molecule has 4 aliphatic rings. The lowest BCUT2D eigenvalue weighted by Crippen LogP contribution is -2.51. The first kappa shape index (κ1) is 20.1. The first-order valence-electron chi connectivity index (χ1n) is 8.46. The van der Waals surface area contributed by atoms with E-state index in [4.69, 9.17) is 4.74 Å². The molecule has 9 heteroatoms. The van der Waals surface area contributed by atoms with Crippen LogP contribution >= 0.6 is 67.8 Å². The second-order valence-electron chi connectivity index (χ2n) is 7.87. The lowest BCUT2D eigenvalue weighted by Gasteiger charge is -2.55. The van der Waals surface area contributed by atoms with Gasteiger partial charge in [0.05, 0.1) is 12.6 Å². The van der Waals surface area contributed by atoms with Crippen LogP contribution in [0.3, 0.4) is 0 Å². The molecule has 0 aliphatic heterocycles. The summed E-state index contributed by atoms with van der Waals surface area (Å²) in [7, 11) is -4.39. The molecular weight excluding hydrogens is 697 g/mol. The summed E-state index contributed by atoms with van der Waals surface area (Å²) < 4.78 is 40.2. The average molecular weight is 714 g/mol. The third-order valence-electron chi connectivity index (χ3n) is 6.01. The lowest BCUT2D eigenvalue weighted by atomic mass is 9.49. The van der Waals surface area contributed by atoms with E-state index in [-0.39, 0.29) is 20.2 Å². The van der Waals surface area contributed by atoms with Crippen LogP contribution in [-0.4, -0.2) is 18.9 Å². The van der Waals surface area contributed by atoms with E-state index in [2.05, 4.69) is 0 Å². The second-order valence-corrected chi connectivity index (χ2v) is 12.6. The van der Waals surface area contributed by atoms with Gasteiger partial charge in [-0.3, -0.25) is 9.35 Å². The fourth-order valence-electron chi connectivity index (χ4n) is 5.45. The molecule has 1 aromatic carbocycles. The van der Waals surface area contributed by atoms with Gasteiger partial charge in [0.2, 0.25) is 0 Å². The molecule has 0 unspecified atom stereocenters. The van der Waals surface area contributed by atoms with E-state index >= 15 is 0 Å². The van der Waals surface area contributed by atoms with E-state index in [1.54, 1.807) is 6.07 Å². The quantitative estimate of drug-likeness (QED) is 0.210. The molecule has 4 aliphatic carbocycles. The van der Waals surface area contributed by atoms with Gasteiger partial charge >= 0.3 is 5.97 Å². The molecule has 5 rings (SSSR count). The summed E-state index contributed by atoms with van der Waals surface area (Å²) in [5, 5.41) is 0. The van der Waals surface area contributed by atoms with Crippen molar-refractivity contribution in [3.05, 3.63) is 16.8 Å². The third kappa shape index (κ3) is 3.45. The molecule has 142 valence electrons. The minimum atomic E-state index is -4.39. The molecule has 0 heterocycles. The largest absolute Gasteiger partial charge is 0.424 e. The van der Waals surface area contributed by atoms with Crippen LogP contribution in [0.5, 0.6) is 5.75 Å². The Labute approximate surface area is 193 Å². The second kappa shape index (κ2) is 6.94. The first-order chi connectivity index (χ1) is 12.1. The number of ether oxygens (including phenoxy) is 1. The van der Waals surface area contributed by atoms with Gasteiger partial charge in [0.25, 0.3) is 10.1 Å². The van der Waals surface area contributed by atoms with Crippen LogP contribution in [0.2, 0.25) is 0 Å². The van der Waals surface area contributed by atoms with Crippen LogP contribution in [0.15, 0.2) is 11.0 Å². The van der Waals surface area contributed by atoms with Crippen LogP contribution in [0, 0.1) is 33.9 Å². The molecule has 0 amide bonds. The Morgan fingerprint density at radius 1 is 1.04 bits per heavy atom. The topological polar surface area (TPSA) is 80.7 Å². The Kier molecular flexibility index (Phi) is 5.36. The van der Waals surface area contributed by atoms with Gasteiger partial charge in [-0.2, -0.15) is 8.42 Å². The summed E-state index contributed by atoms with van der Waals surface area (Å²) in [6.07, 6.45) is 6.37. The highest BCUT2D eigenvalue weighted by Gasteiger charge is 2.55. The molecule has 4 fully saturated rings. The molecule has 0 atom stereocenters. The molecule has 5 nitrogen and oxygen atoms in total. The van der Waals surface area contributed by atoms with Crippen LogP contribution in [0.4, 0.5) is 0 Å². The standard InChI is InChI=1S/C17H17I3O5S/c18-11-4-12(19)15(26(22,23)24)13(20)14(11)25-16(21)17-5-8-1-9(6-17)3-10(2-8)7-17/h4,8-10H,1-3,5-7H2,(H,22,23,24). The molecule has 0 spiro atoms. The van der Waals surface area contributed by atoms with E-state index in [0.717, 1.165) is 19.3 Å². The van der Waals surface area contributed by atoms with Gasteiger partial charge in [0.1, 0.15) is 4.90 Å². The Morgan fingerprint density at radius 3 is 2.00 bits per heavy atom. The number of halogens is 3. The number of esters is 1. The van der Waals surface area contributed by atoms with Crippen molar-refractivity contribution in [2.24, 2.45) is 23.2 Å². The van der Waals surface area contributed by atoms with Crippen molar-refractivity contribution in [2.75, 3.05) is 0 Å². The Morgan fingerprint density at radius 2 is 1.54 bits per heavy atom. The normalized spacial score (nSPS) is 32.7. The van der Waals surface area contributed by atoms with E-state index in [1.165, 1.54) is 19.3 Å². The highest BCUT2D eigenvalue weighted by atomic mass is 127. The van der Waals surface area contributed by atoms with Gasteiger partial charge in [-0.15, -0.1) is 0 Å². The SMILES string of the molecule is O=C(Oc1c(I)cc(I)c(S(=O)(=O)O)c1I)C12CC3CC(CC(C3)C1)C2. The summed E-state index contributed by atoms with van der Waals surface area (Å²) in [5.74, 6) is 1.89. The molecule has 1 aromatic rings. The number of carbonyl (C=O) groups is 1. The van der Waals surface area contributed by atoms with Gasteiger partial charge < -0.3 is 4.74 Å². The molecule has 1 N–H and O–H groups in total. The number of hydrogen-bond donors (Lipinski definition) is 1. The first-order valence-corrected chi connectivity index (χ1v) is 13.1. The molecule has 0 saturated heterocycles. The fourth-order valence-corrected chi connectivity index (χ4v) is 11.3. The Bertz CT molecular complexity index is 861. The van der Waals surface area contributed by atoms with Gasteiger partial charge in [-0.05, 0) is 130 Å². The zero-order chi connectivity index (χ0) is 18.9. The zero-order valence-corrected chi connectivity index (χ0v) is 21.0. The number of hydrogen-bond acceptors (Lipinski definition) is 4. The van der Waals surface area contributed by atoms with Crippen molar-refractivity contribution in [3.63, 3.8) is 0 Å². The van der Waals surface area contributed by atoms with Gasteiger partial charge in [0.15, 0.2) is 5.75 Å². The zero-order valence-electron chi connectivity index (χ0n) is 13.7. The molecular formula is C17H17I3O5S. The molecule has 26 heavy (non-hydrogen) atoms. The van der Waals surface area contributed by atoms with Crippen molar-refractivity contribution in [3.8, 4) is 5.75 Å². The average Bonchev–Trinajstić information content (AvgIpc) is 2.48. The number of benzene rings is 1. The van der Waals surface area contributed by atoms with Crippen molar-refractivity contribution in [1.29, 1.82) is 0 Å². The van der Waals surface area contributed by atoms with Crippen molar-refractivity contribution in [2.45, 2.75) is 43.4 Å². The van der Waals surface area contributed by atoms with E-state index in [1.807, 2.05) is 67.8 Å². The summed E-state index contributed by atoms with van der Waals surface area (Å²) in [6.45, 7) is 0. The maximum atomic E-state index is 13.2. The van der Waals surface area contributed by atoms with Crippen LogP contribution in [0.1, 0.15) is 38.5 Å². The van der Waals surface area contributed by atoms with Crippen molar-refractivity contribution in [1.82, 2.24) is 0 Å². The van der Waals surface area contributed by atoms with Gasteiger partial charge in [0, 0.05) is 3.57 Å². The Hall–Kier alpha value is 0.790. The highest BCUT2D eigenvalue weighted by molar-refractivity contribution is 14.1. The summed E-state index contributed by atoms with van der Waals surface area (Å²) in [6, 6.07) is 1.62. The van der Waals surface area contributed by atoms with Crippen molar-refractivity contribution < 1.29 is 22.5 Å². The smallest absolute Gasteiger partial charge is 0.317 e. The maximum Gasteiger partial charge on any atom is 0.317 e. The minimum Gasteiger partial charge on any atom is -0.424 e. The van der Waals surface area contributed by atoms with E-state index in [9.17, 15) is 17.8 Å². The van der Waals surface area contributed by atoms with E-state index < -0.39 is 15.5 Å². The monoisotopic (exact) mass is 714 g/mol. The number of rotatable bonds is 3. The summed E-state index contributed by atoms with van der Waals surface area (Å²) in [5.41, 5.74) is -0.415. The number of carbonyl (C=O) groups excluding carboxylic acids is 1. The summed E-state index contributed by atoms with van der Waals surface area (Å²) >= 11 is 5.76. The minimum absolute atomic E-state index is 0.188.